The number of carbonyl (C=O) groups is 1. The first kappa shape index (κ1) is 13.1. The van der Waals surface area contributed by atoms with Crippen molar-refractivity contribution < 1.29 is 9.90 Å². The summed E-state index contributed by atoms with van der Waals surface area (Å²) in [6, 6.07) is 7.23. The molecule has 2 rings (SSSR count). The number of thioether (sulfide) groups is 1. The zero-order chi connectivity index (χ0) is 12.0. The molecule has 1 aliphatic carbocycles. The van der Waals surface area contributed by atoms with Gasteiger partial charge in [-0.15, -0.1) is 11.8 Å². The summed E-state index contributed by atoms with van der Waals surface area (Å²) in [7, 11) is 0. The molecule has 0 heterocycles. The van der Waals surface area contributed by atoms with Crippen molar-refractivity contribution in [2.24, 2.45) is 0 Å². The minimum absolute atomic E-state index is 0.435. The highest BCUT2D eigenvalue weighted by molar-refractivity contribution is 8.00. The standard InChI is InChI=1S/C11H12O2S.C2H6/c12-11(13)9-6-1-2-7-10(9)14-8-4-3-5-8;1-2/h1-2,6-8H,3-5H2,(H,12,13);1-2H3. The van der Waals surface area contributed by atoms with Crippen molar-refractivity contribution in [3.8, 4) is 0 Å². The van der Waals surface area contributed by atoms with Gasteiger partial charge < -0.3 is 5.11 Å². The Morgan fingerprint density at radius 1 is 1.31 bits per heavy atom. The van der Waals surface area contributed by atoms with Gasteiger partial charge in [-0.1, -0.05) is 32.4 Å². The SMILES string of the molecule is CC.O=C(O)c1ccccc1SC1CCC1. The maximum Gasteiger partial charge on any atom is 0.336 e. The van der Waals surface area contributed by atoms with Crippen LogP contribution in [0.1, 0.15) is 43.5 Å². The quantitative estimate of drug-likeness (QED) is 0.863. The first-order chi connectivity index (χ1) is 7.77. The van der Waals surface area contributed by atoms with Crippen LogP contribution in [-0.2, 0) is 0 Å². The van der Waals surface area contributed by atoms with Crippen LogP contribution in [0.15, 0.2) is 29.2 Å². The first-order valence-corrected chi connectivity index (χ1v) is 6.64. The smallest absolute Gasteiger partial charge is 0.336 e. The van der Waals surface area contributed by atoms with Gasteiger partial charge in [-0.05, 0) is 25.0 Å². The van der Waals surface area contributed by atoms with Crippen LogP contribution in [0, 0.1) is 0 Å². The monoisotopic (exact) mass is 238 g/mol. The van der Waals surface area contributed by atoms with Crippen molar-refractivity contribution in [1.29, 1.82) is 0 Å². The second-order valence-electron chi connectivity index (χ2n) is 3.47. The Hall–Kier alpha value is -0.960. The molecule has 0 saturated heterocycles. The summed E-state index contributed by atoms with van der Waals surface area (Å²) in [6.45, 7) is 4.00. The van der Waals surface area contributed by atoms with Gasteiger partial charge in [0.2, 0.25) is 0 Å². The molecule has 16 heavy (non-hydrogen) atoms. The predicted molar refractivity (Wildman–Crippen MR) is 68.2 cm³/mol. The number of rotatable bonds is 3. The van der Waals surface area contributed by atoms with Gasteiger partial charge in [0.1, 0.15) is 0 Å². The number of hydrogen-bond donors (Lipinski definition) is 1. The summed E-state index contributed by atoms with van der Waals surface area (Å²) < 4.78 is 0. The average molecular weight is 238 g/mol. The molecule has 2 nitrogen and oxygen atoms in total. The maximum absolute atomic E-state index is 10.9. The molecule has 1 aromatic carbocycles. The highest BCUT2D eigenvalue weighted by Gasteiger charge is 2.20. The molecular formula is C13H18O2S. The molecule has 1 fully saturated rings. The molecule has 0 unspecified atom stereocenters. The second-order valence-corrected chi connectivity index (χ2v) is 4.81. The molecule has 0 atom stereocenters. The Kier molecular flexibility index (Phi) is 5.39. The van der Waals surface area contributed by atoms with Crippen LogP contribution < -0.4 is 0 Å². The van der Waals surface area contributed by atoms with Gasteiger partial charge in [0.05, 0.1) is 5.56 Å². The van der Waals surface area contributed by atoms with E-state index in [2.05, 4.69) is 0 Å². The van der Waals surface area contributed by atoms with E-state index in [1.807, 2.05) is 26.0 Å². The largest absolute Gasteiger partial charge is 0.478 e. The molecule has 3 heteroatoms. The lowest BCUT2D eigenvalue weighted by Crippen LogP contribution is -2.13. The fourth-order valence-corrected chi connectivity index (χ4v) is 2.78. The third-order valence-electron chi connectivity index (χ3n) is 2.46. The van der Waals surface area contributed by atoms with E-state index in [9.17, 15) is 4.79 Å². The van der Waals surface area contributed by atoms with Crippen molar-refractivity contribution in [2.75, 3.05) is 0 Å². The van der Waals surface area contributed by atoms with E-state index in [4.69, 9.17) is 5.11 Å². The van der Waals surface area contributed by atoms with Crippen molar-refractivity contribution in [1.82, 2.24) is 0 Å². The number of benzene rings is 1. The van der Waals surface area contributed by atoms with Gasteiger partial charge in [0.15, 0.2) is 0 Å². The van der Waals surface area contributed by atoms with E-state index in [0.29, 0.717) is 10.8 Å². The van der Waals surface area contributed by atoms with E-state index >= 15 is 0 Å². The Morgan fingerprint density at radius 3 is 2.44 bits per heavy atom. The van der Waals surface area contributed by atoms with Gasteiger partial charge in [-0.3, -0.25) is 0 Å². The van der Waals surface area contributed by atoms with Gasteiger partial charge in [-0.2, -0.15) is 0 Å². The van der Waals surface area contributed by atoms with Gasteiger partial charge in [0, 0.05) is 10.1 Å². The molecule has 1 aromatic rings. The van der Waals surface area contributed by atoms with E-state index in [1.54, 1.807) is 23.9 Å². The Labute approximate surface area is 101 Å². The number of carboxylic acid groups (broad SMARTS) is 1. The number of carboxylic acids is 1. The van der Waals surface area contributed by atoms with Crippen LogP contribution in [0.2, 0.25) is 0 Å². The van der Waals surface area contributed by atoms with Gasteiger partial charge >= 0.3 is 5.97 Å². The average Bonchev–Trinajstić information content (AvgIpc) is 2.27. The Morgan fingerprint density at radius 2 is 1.94 bits per heavy atom. The molecule has 1 N–H and O–H groups in total. The normalized spacial score (nSPS) is 14.6. The van der Waals surface area contributed by atoms with E-state index < -0.39 is 5.97 Å². The third-order valence-corrected chi connectivity index (χ3v) is 3.88. The second kappa shape index (κ2) is 6.59. The molecule has 88 valence electrons. The summed E-state index contributed by atoms with van der Waals surface area (Å²) in [4.78, 5) is 11.8. The maximum atomic E-state index is 10.9. The van der Waals surface area contributed by atoms with Gasteiger partial charge in [-0.25, -0.2) is 4.79 Å². The lowest BCUT2D eigenvalue weighted by atomic mass is 10.00. The van der Waals surface area contributed by atoms with Gasteiger partial charge in [0.25, 0.3) is 0 Å². The fraction of sp³-hybridized carbons (Fsp3) is 0.462. The molecule has 1 saturated carbocycles. The van der Waals surface area contributed by atoms with Crippen molar-refractivity contribution >= 4 is 17.7 Å². The minimum atomic E-state index is -0.826. The van der Waals surface area contributed by atoms with Crippen molar-refractivity contribution in [3.05, 3.63) is 29.8 Å². The topological polar surface area (TPSA) is 37.3 Å². The van der Waals surface area contributed by atoms with Crippen LogP contribution in [0.4, 0.5) is 0 Å². The number of aromatic carboxylic acids is 1. The zero-order valence-corrected chi connectivity index (χ0v) is 10.6. The molecule has 0 spiro atoms. The van der Waals surface area contributed by atoms with Crippen molar-refractivity contribution in [3.63, 3.8) is 0 Å². The highest BCUT2D eigenvalue weighted by atomic mass is 32.2. The molecule has 0 bridgehead atoms. The van der Waals surface area contributed by atoms with Crippen LogP contribution in [-0.4, -0.2) is 16.3 Å². The lowest BCUT2D eigenvalue weighted by molar-refractivity contribution is 0.0693. The Balaban J connectivity index is 0.000000606. The summed E-state index contributed by atoms with van der Waals surface area (Å²) in [6.07, 6.45) is 3.73. The number of hydrogen-bond acceptors (Lipinski definition) is 2. The summed E-state index contributed by atoms with van der Waals surface area (Å²) in [5, 5.41) is 9.59. The van der Waals surface area contributed by atoms with E-state index in [-0.39, 0.29) is 0 Å². The minimum Gasteiger partial charge on any atom is -0.478 e. The first-order valence-electron chi connectivity index (χ1n) is 5.76. The van der Waals surface area contributed by atoms with Crippen LogP contribution in [0.3, 0.4) is 0 Å². The summed E-state index contributed by atoms with van der Waals surface area (Å²) in [5.74, 6) is -0.826. The van der Waals surface area contributed by atoms with Crippen LogP contribution in [0.5, 0.6) is 0 Å². The zero-order valence-electron chi connectivity index (χ0n) is 9.77. The molecule has 0 aliphatic heterocycles. The summed E-state index contributed by atoms with van der Waals surface area (Å²) in [5.41, 5.74) is 0.435. The van der Waals surface area contributed by atoms with E-state index in [1.165, 1.54) is 19.3 Å². The highest BCUT2D eigenvalue weighted by Crippen LogP contribution is 2.37. The molecule has 0 radical (unpaired) electrons. The van der Waals surface area contributed by atoms with E-state index in [0.717, 1.165) is 4.90 Å². The van der Waals surface area contributed by atoms with Crippen LogP contribution in [0.25, 0.3) is 0 Å². The third kappa shape index (κ3) is 3.27. The predicted octanol–water partition coefficient (Wildman–Crippen LogP) is 4.06. The molecule has 0 amide bonds. The molecule has 0 aromatic heterocycles. The van der Waals surface area contributed by atoms with Crippen molar-refractivity contribution in [2.45, 2.75) is 43.3 Å². The van der Waals surface area contributed by atoms with Crippen LogP contribution >= 0.6 is 11.8 Å². The summed E-state index contributed by atoms with van der Waals surface area (Å²) >= 11 is 1.70. The lowest BCUT2D eigenvalue weighted by Gasteiger charge is -2.25. The molecular weight excluding hydrogens is 220 g/mol. The Bertz CT molecular complexity index is 346. The molecule has 1 aliphatic rings. The fourth-order valence-electron chi connectivity index (χ4n) is 1.41.